The minimum absolute atomic E-state index is 0. The zero-order valence-corrected chi connectivity index (χ0v) is 18.2. The van der Waals surface area contributed by atoms with Crippen molar-refractivity contribution in [3.05, 3.63) is 53.6 Å². The molecule has 0 amide bonds. The van der Waals surface area contributed by atoms with E-state index in [-0.39, 0.29) is 30.1 Å². The molecule has 0 aromatic heterocycles. The Labute approximate surface area is 177 Å². The third kappa shape index (κ3) is 5.66. The lowest BCUT2D eigenvalue weighted by Gasteiger charge is -2.27. The second-order valence-electron chi connectivity index (χ2n) is 6.11. The zero-order chi connectivity index (χ0) is 18.4. The summed E-state index contributed by atoms with van der Waals surface area (Å²) >= 11 is 0. The summed E-state index contributed by atoms with van der Waals surface area (Å²) in [5, 5.41) is 6.58. The molecular weight excluding hydrogens is 457 g/mol. The standard InChI is InChI=1S/C20H25N3O3.HI/c1-14-8-9-15(10-19(14)24-3)11-22-20(21-2)23-12-16-13-25-17-6-4-5-7-18(17)26-16;/h4-10,16H,11-13H2,1-3H3,(H2,21,22,23);1H. The molecule has 0 saturated carbocycles. The maximum Gasteiger partial charge on any atom is 0.191 e. The first-order valence-electron chi connectivity index (χ1n) is 8.66. The van der Waals surface area contributed by atoms with Crippen molar-refractivity contribution in [2.45, 2.75) is 19.6 Å². The van der Waals surface area contributed by atoms with Crippen molar-refractivity contribution in [1.82, 2.24) is 10.6 Å². The van der Waals surface area contributed by atoms with Crippen molar-refractivity contribution in [3.8, 4) is 17.2 Å². The van der Waals surface area contributed by atoms with Crippen LogP contribution in [0, 0.1) is 6.92 Å². The molecule has 2 N–H and O–H groups in total. The first-order chi connectivity index (χ1) is 12.7. The third-order valence-electron chi connectivity index (χ3n) is 4.22. The van der Waals surface area contributed by atoms with E-state index in [2.05, 4.69) is 27.8 Å². The molecule has 0 radical (unpaired) electrons. The summed E-state index contributed by atoms with van der Waals surface area (Å²) in [7, 11) is 3.43. The van der Waals surface area contributed by atoms with Crippen LogP contribution in [-0.4, -0.2) is 39.4 Å². The largest absolute Gasteiger partial charge is 0.496 e. The van der Waals surface area contributed by atoms with E-state index in [1.54, 1.807) is 14.2 Å². The van der Waals surface area contributed by atoms with E-state index in [4.69, 9.17) is 14.2 Å². The van der Waals surface area contributed by atoms with Crippen LogP contribution in [0.15, 0.2) is 47.5 Å². The highest BCUT2D eigenvalue weighted by Crippen LogP contribution is 2.30. The molecule has 146 valence electrons. The van der Waals surface area contributed by atoms with E-state index < -0.39 is 0 Å². The van der Waals surface area contributed by atoms with Crippen molar-refractivity contribution in [2.75, 3.05) is 27.3 Å². The number of halogens is 1. The molecule has 1 aliphatic rings. The minimum atomic E-state index is -0.0667. The molecule has 27 heavy (non-hydrogen) atoms. The topological polar surface area (TPSA) is 64.1 Å². The number of aliphatic imine (C=N–C) groups is 1. The van der Waals surface area contributed by atoms with Gasteiger partial charge in [-0.25, -0.2) is 0 Å². The van der Waals surface area contributed by atoms with Gasteiger partial charge < -0.3 is 24.8 Å². The van der Waals surface area contributed by atoms with Gasteiger partial charge in [0.05, 0.1) is 13.7 Å². The van der Waals surface area contributed by atoms with E-state index in [9.17, 15) is 0 Å². The van der Waals surface area contributed by atoms with E-state index >= 15 is 0 Å². The minimum Gasteiger partial charge on any atom is -0.496 e. The molecule has 3 rings (SSSR count). The first kappa shape index (κ1) is 21.1. The summed E-state index contributed by atoms with van der Waals surface area (Å²) in [6.07, 6.45) is -0.0667. The zero-order valence-electron chi connectivity index (χ0n) is 15.8. The predicted octanol–water partition coefficient (Wildman–Crippen LogP) is 3.13. The fraction of sp³-hybridized carbons (Fsp3) is 0.350. The smallest absolute Gasteiger partial charge is 0.191 e. The maximum atomic E-state index is 5.95. The van der Waals surface area contributed by atoms with Crippen LogP contribution < -0.4 is 24.8 Å². The van der Waals surface area contributed by atoms with Gasteiger partial charge in [0.1, 0.15) is 18.5 Å². The Morgan fingerprint density at radius 1 is 1.19 bits per heavy atom. The lowest BCUT2D eigenvalue weighted by Crippen LogP contribution is -2.45. The Hall–Kier alpha value is -2.16. The van der Waals surface area contributed by atoms with E-state index in [1.165, 1.54) is 0 Å². The van der Waals surface area contributed by atoms with Crippen LogP contribution in [0.1, 0.15) is 11.1 Å². The number of hydrogen-bond donors (Lipinski definition) is 2. The van der Waals surface area contributed by atoms with Gasteiger partial charge in [0, 0.05) is 13.6 Å². The maximum absolute atomic E-state index is 5.95. The second-order valence-corrected chi connectivity index (χ2v) is 6.11. The SMILES string of the molecule is CN=C(NCc1ccc(C)c(OC)c1)NCC1COc2ccccc2O1.I. The molecule has 0 saturated heterocycles. The molecule has 1 atom stereocenters. The molecule has 2 aromatic carbocycles. The number of fused-ring (bicyclic) bond motifs is 1. The lowest BCUT2D eigenvalue weighted by atomic mass is 10.1. The van der Waals surface area contributed by atoms with Gasteiger partial charge in [-0.05, 0) is 36.2 Å². The summed E-state index contributed by atoms with van der Waals surface area (Å²) in [6, 6.07) is 13.9. The van der Waals surface area contributed by atoms with Crippen molar-refractivity contribution < 1.29 is 14.2 Å². The fourth-order valence-corrected chi connectivity index (χ4v) is 2.75. The number of para-hydroxylation sites is 2. The number of methoxy groups -OCH3 is 1. The number of rotatable bonds is 5. The quantitative estimate of drug-likeness (QED) is 0.389. The van der Waals surface area contributed by atoms with Gasteiger partial charge in [0.15, 0.2) is 17.5 Å². The molecule has 1 unspecified atom stereocenters. The Kier molecular flexibility index (Phi) is 8.02. The molecule has 1 heterocycles. The number of ether oxygens (including phenoxy) is 3. The van der Waals surface area contributed by atoms with Crippen molar-refractivity contribution in [1.29, 1.82) is 0 Å². The summed E-state index contributed by atoms with van der Waals surface area (Å²) in [5.74, 6) is 3.17. The molecule has 0 aliphatic carbocycles. The number of benzene rings is 2. The Balaban J connectivity index is 0.00000261. The van der Waals surface area contributed by atoms with Gasteiger partial charge in [0.25, 0.3) is 0 Å². The van der Waals surface area contributed by atoms with Gasteiger partial charge >= 0.3 is 0 Å². The second kappa shape index (κ2) is 10.2. The number of aryl methyl sites for hydroxylation is 1. The molecule has 6 nitrogen and oxygen atoms in total. The monoisotopic (exact) mass is 483 g/mol. The van der Waals surface area contributed by atoms with Crippen molar-refractivity contribution in [2.24, 2.45) is 4.99 Å². The summed E-state index contributed by atoms with van der Waals surface area (Å²) in [6.45, 7) is 3.80. The van der Waals surface area contributed by atoms with E-state index in [0.717, 1.165) is 28.4 Å². The van der Waals surface area contributed by atoms with Crippen molar-refractivity contribution >= 4 is 29.9 Å². The van der Waals surface area contributed by atoms with Gasteiger partial charge in [0.2, 0.25) is 0 Å². The highest BCUT2D eigenvalue weighted by atomic mass is 127. The van der Waals surface area contributed by atoms with Crippen LogP contribution in [0.2, 0.25) is 0 Å². The summed E-state index contributed by atoms with van der Waals surface area (Å²) < 4.78 is 17.0. The Morgan fingerprint density at radius 2 is 1.96 bits per heavy atom. The molecular formula is C20H26IN3O3. The molecule has 1 aliphatic heterocycles. The number of nitrogens with one attached hydrogen (secondary N) is 2. The van der Waals surface area contributed by atoms with Gasteiger partial charge in [-0.2, -0.15) is 0 Å². The average molecular weight is 483 g/mol. The molecule has 0 spiro atoms. The normalized spacial score (nSPS) is 15.5. The Morgan fingerprint density at radius 3 is 2.70 bits per heavy atom. The summed E-state index contributed by atoms with van der Waals surface area (Å²) in [5.41, 5.74) is 2.25. The molecule has 0 bridgehead atoms. The highest BCUT2D eigenvalue weighted by molar-refractivity contribution is 14.0. The molecule has 2 aromatic rings. The lowest BCUT2D eigenvalue weighted by molar-refractivity contribution is 0.0936. The van der Waals surface area contributed by atoms with Gasteiger partial charge in [-0.3, -0.25) is 4.99 Å². The number of guanidine groups is 1. The van der Waals surface area contributed by atoms with Crippen LogP contribution in [0.25, 0.3) is 0 Å². The number of nitrogens with zero attached hydrogens (tertiary/aromatic N) is 1. The number of hydrogen-bond acceptors (Lipinski definition) is 4. The van der Waals surface area contributed by atoms with Crippen LogP contribution in [0.5, 0.6) is 17.2 Å². The van der Waals surface area contributed by atoms with Crippen LogP contribution in [0.4, 0.5) is 0 Å². The van der Waals surface area contributed by atoms with Crippen LogP contribution in [0.3, 0.4) is 0 Å². The van der Waals surface area contributed by atoms with Crippen LogP contribution in [-0.2, 0) is 6.54 Å². The molecule has 7 heteroatoms. The summed E-state index contributed by atoms with van der Waals surface area (Å²) in [4.78, 5) is 4.26. The highest BCUT2D eigenvalue weighted by Gasteiger charge is 2.20. The van der Waals surface area contributed by atoms with Crippen LogP contribution >= 0.6 is 24.0 Å². The van der Waals surface area contributed by atoms with Gasteiger partial charge in [-0.15, -0.1) is 24.0 Å². The van der Waals surface area contributed by atoms with Gasteiger partial charge in [-0.1, -0.05) is 24.3 Å². The first-order valence-corrected chi connectivity index (χ1v) is 8.66. The Bertz CT molecular complexity index is 783. The average Bonchev–Trinajstić information content (AvgIpc) is 2.69. The van der Waals surface area contributed by atoms with E-state index in [0.29, 0.717) is 25.7 Å². The van der Waals surface area contributed by atoms with Crippen molar-refractivity contribution in [3.63, 3.8) is 0 Å². The fourth-order valence-electron chi connectivity index (χ4n) is 2.75. The van der Waals surface area contributed by atoms with E-state index in [1.807, 2.05) is 37.3 Å². The third-order valence-corrected chi connectivity index (χ3v) is 4.22. The molecule has 0 fully saturated rings. The predicted molar refractivity (Wildman–Crippen MR) is 118 cm³/mol.